The Bertz CT molecular complexity index is 766. The molecule has 1 aliphatic rings. The second-order valence-corrected chi connectivity index (χ2v) is 5.67. The number of amidine groups is 1. The van der Waals surface area contributed by atoms with Crippen LogP contribution < -0.4 is 10.8 Å². The number of halogens is 1. The summed E-state index contributed by atoms with van der Waals surface area (Å²) >= 11 is 0. The van der Waals surface area contributed by atoms with E-state index in [1.165, 1.54) is 12.1 Å². The third-order valence-corrected chi connectivity index (χ3v) is 3.97. The topological polar surface area (TPSA) is 136 Å². The van der Waals surface area contributed by atoms with Crippen molar-refractivity contribution in [2.45, 2.75) is 25.0 Å². The predicted octanol–water partition coefficient (Wildman–Crippen LogP) is 0.387. The van der Waals surface area contributed by atoms with Gasteiger partial charge < -0.3 is 15.5 Å². The van der Waals surface area contributed by atoms with Gasteiger partial charge in [-0.15, -0.1) is 0 Å². The average molecular weight is 351 g/mol. The second-order valence-electron chi connectivity index (χ2n) is 5.67. The molecule has 25 heavy (non-hydrogen) atoms. The molecule has 0 radical (unpaired) electrons. The van der Waals surface area contributed by atoms with Crippen molar-refractivity contribution in [2.24, 2.45) is 4.99 Å². The van der Waals surface area contributed by atoms with Gasteiger partial charge in [0.15, 0.2) is 11.5 Å². The highest BCUT2D eigenvalue weighted by Gasteiger charge is 2.25. The molecule has 9 nitrogen and oxygen atoms in total. The lowest BCUT2D eigenvalue weighted by Gasteiger charge is -2.11. The number of aryl methyl sites for hydroxylation is 1. The number of hydrogen-bond donors (Lipinski definition) is 5. The number of rotatable bonds is 6. The molecule has 2 unspecified atom stereocenters. The van der Waals surface area contributed by atoms with E-state index in [1.807, 2.05) is 5.48 Å². The number of fused-ring (bicyclic) bond motifs is 1. The van der Waals surface area contributed by atoms with E-state index in [1.54, 1.807) is 6.07 Å². The van der Waals surface area contributed by atoms with Crippen molar-refractivity contribution < 1.29 is 24.4 Å². The molecule has 1 heterocycles. The lowest BCUT2D eigenvalue weighted by molar-refractivity contribution is 0.105. The van der Waals surface area contributed by atoms with Crippen molar-refractivity contribution in [2.75, 3.05) is 18.5 Å². The molecule has 0 saturated carbocycles. The van der Waals surface area contributed by atoms with Crippen LogP contribution >= 0.6 is 0 Å². The fourth-order valence-electron chi connectivity index (χ4n) is 2.72. The Balaban J connectivity index is 1.84. The van der Waals surface area contributed by atoms with Crippen LogP contribution in [-0.2, 0) is 6.42 Å². The highest BCUT2D eigenvalue weighted by atomic mass is 19.1. The van der Waals surface area contributed by atoms with E-state index in [0.717, 1.165) is 17.5 Å². The summed E-state index contributed by atoms with van der Waals surface area (Å²) in [5.41, 5.74) is 3.84. The van der Waals surface area contributed by atoms with Crippen LogP contribution in [0.15, 0.2) is 27.8 Å². The van der Waals surface area contributed by atoms with Crippen LogP contribution in [0, 0.1) is 5.82 Å². The highest BCUT2D eigenvalue weighted by Crippen LogP contribution is 2.35. The largest absolute Gasteiger partial charge is 0.394 e. The van der Waals surface area contributed by atoms with Crippen LogP contribution in [-0.4, -0.2) is 50.8 Å². The van der Waals surface area contributed by atoms with E-state index >= 15 is 0 Å². The summed E-state index contributed by atoms with van der Waals surface area (Å²) in [6.07, 6.45) is 0.436. The number of aliphatic hydroxyl groups is 2. The second kappa shape index (κ2) is 7.55. The molecule has 1 aromatic heterocycles. The fraction of sp³-hybridized carbons (Fsp3) is 0.400. The third-order valence-electron chi connectivity index (χ3n) is 3.97. The SMILES string of the molecule is OCC(O)CNc1nonc1C(=NC1CCc2ccc(F)cc21)NO. The van der Waals surface area contributed by atoms with Crippen molar-refractivity contribution in [1.82, 2.24) is 15.8 Å². The number of aliphatic hydroxyl groups excluding tert-OH is 2. The quantitative estimate of drug-likeness (QED) is 0.286. The molecule has 0 amide bonds. The molecule has 134 valence electrons. The first-order valence-corrected chi connectivity index (χ1v) is 7.74. The molecule has 0 saturated heterocycles. The molecule has 0 bridgehead atoms. The van der Waals surface area contributed by atoms with Crippen LogP contribution in [0.4, 0.5) is 10.2 Å². The Morgan fingerprint density at radius 1 is 1.44 bits per heavy atom. The van der Waals surface area contributed by atoms with Gasteiger partial charge in [-0.1, -0.05) is 6.07 Å². The smallest absolute Gasteiger partial charge is 0.202 e. The molecule has 1 aromatic carbocycles. The van der Waals surface area contributed by atoms with Crippen LogP contribution in [0.5, 0.6) is 0 Å². The van der Waals surface area contributed by atoms with Crippen molar-refractivity contribution >= 4 is 11.7 Å². The normalized spacial score (nSPS) is 18.1. The Morgan fingerprint density at radius 3 is 3.04 bits per heavy atom. The zero-order valence-electron chi connectivity index (χ0n) is 13.2. The minimum Gasteiger partial charge on any atom is -0.394 e. The highest BCUT2D eigenvalue weighted by molar-refractivity contribution is 6.00. The number of nitrogens with zero attached hydrogens (tertiary/aromatic N) is 3. The monoisotopic (exact) mass is 351 g/mol. The molecular formula is C15H18FN5O4. The molecule has 2 atom stereocenters. The van der Waals surface area contributed by atoms with Gasteiger partial charge in [-0.25, -0.2) is 9.02 Å². The number of aromatic nitrogens is 2. The lowest BCUT2D eigenvalue weighted by atomic mass is 10.1. The molecule has 10 heteroatoms. The Kier molecular flexibility index (Phi) is 5.22. The Hall–Kier alpha value is -2.56. The van der Waals surface area contributed by atoms with Gasteiger partial charge in [0.25, 0.3) is 0 Å². The fourth-order valence-corrected chi connectivity index (χ4v) is 2.72. The van der Waals surface area contributed by atoms with Crippen LogP contribution in [0.2, 0.25) is 0 Å². The number of aliphatic imine (C=N–C) groups is 1. The summed E-state index contributed by atoms with van der Waals surface area (Å²) in [6, 6.07) is 4.23. The first kappa shape index (κ1) is 17.3. The van der Waals surface area contributed by atoms with Gasteiger partial charge in [0, 0.05) is 6.54 Å². The lowest BCUT2D eigenvalue weighted by Crippen LogP contribution is -2.26. The van der Waals surface area contributed by atoms with Crippen molar-refractivity contribution in [3.63, 3.8) is 0 Å². The van der Waals surface area contributed by atoms with E-state index in [9.17, 15) is 14.7 Å². The van der Waals surface area contributed by atoms with Gasteiger partial charge in [0.1, 0.15) is 5.82 Å². The molecule has 0 fully saturated rings. The molecule has 3 rings (SSSR count). The first-order valence-electron chi connectivity index (χ1n) is 7.74. The summed E-state index contributed by atoms with van der Waals surface area (Å²) in [7, 11) is 0. The molecule has 1 aliphatic carbocycles. The number of nitrogens with one attached hydrogen (secondary N) is 2. The first-order chi connectivity index (χ1) is 12.1. The van der Waals surface area contributed by atoms with Crippen LogP contribution in [0.25, 0.3) is 0 Å². The summed E-state index contributed by atoms with van der Waals surface area (Å²) in [5.74, 6) is -0.197. The maximum Gasteiger partial charge on any atom is 0.202 e. The minimum absolute atomic E-state index is 0.00403. The summed E-state index contributed by atoms with van der Waals surface area (Å²) in [5, 5.41) is 37.7. The van der Waals surface area contributed by atoms with Gasteiger partial charge in [-0.2, -0.15) is 0 Å². The molecule has 2 aromatic rings. The summed E-state index contributed by atoms with van der Waals surface area (Å²) < 4.78 is 18.1. The molecule has 0 spiro atoms. The van der Waals surface area contributed by atoms with Gasteiger partial charge >= 0.3 is 0 Å². The number of hydroxylamine groups is 1. The zero-order valence-corrected chi connectivity index (χ0v) is 13.2. The van der Waals surface area contributed by atoms with E-state index in [-0.39, 0.29) is 35.8 Å². The van der Waals surface area contributed by atoms with Gasteiger partial charge in [-0.05, 0) is 46.4 Å². The van der Waals surface area contributed by atoms with Crippen LogP contribution in [0.1, 0.15) is 29.3 Å². The molecule has 5 N–H and O–H groups in total. The number of hydrogen-bond acceptors (Lipinski definition) is 8. The molecule has 0 aliphatic heterocycles. The maximum atomic E-state index is 13.5. The third kappa shape index (κ3) is 3.76. The van der Waals surface area contributed by atoms with Gasteiger partial charge in [0.05, 0.1) is 18.8 Å². The number of anilines is 1. The van der Waals surface area contributed by atoms with Gasteiger partial charge in [-0.3, -0.25) is 15.7 Å². The average Bonchev–Trinajstić information content (AvgIpc) is 3.24. The summed E-state index contributed by atoms with van der Waals surface area (Å²) in [6.45, 7) is -0.412. The predicted molar refractivity (Wildman–Crippen MR) is 84.8 cm³/mol. The van der Waals surface area contributed by atoms with E-state index < -0.39 is 12.7 Å². The van der Waals surface area contributed by atoms with Crippen molar-refractivity contribution in [1.29, 1.82) is 0 Å². The van der Waals surface area contributed by atoms with E-state index in [4.69, 9.17) is 5.11 Å². The minimum atomic E-state index is -0.989. The number of benzene rings is 1. The standard InChI is InChI=1S/C15H18FN5O4/c16-9-3-1-8-2-4-12(11(8)5-9)18-15(19-24)13-14(21-25-20-13)17-6-10(23)7-22/h1,3,5,10,12,22-24H,2,4,6-7H2,(H,17,21)(H,18,19). The van der Waals surface area contributed by atoms with E-state index in [0.29, 0.717) is 6.42 Å². The van der Waals surface area contributed by atoms with Crippen molar-refractivity contribution in [3.8, 4) is 0 Å². The van der Waals surface area contributed by atoms with Crippen molar-refractivity contribution in [3.05, 3.63) is 40.8 Å². The Morgan fingerprint density at radius 2 is 2.28 bits per heavy atom. The van der Waals surface area contributed by atoms with Gasteiger partial charge in [0.2, 0.25) is 5.82 Å². The summed E-state index contributed by atoms with van der Waals surface area (Å²) in [4.78, 5) is 4.40. The maximum absolute atomic E-state index is 13.5. The van der Waals surface area contributed by atoms with E-state index in [2.05, 4.69) is 25.3 Å². The van der Waals surface area contributed by atoms with Crippen LogP contribution in [0.3, 0.4) is 0 Å². The molecular weight excluding hydrogens is 333 g/mol. The Labute approximate surface area is 142 Å². The zero-order chi connectivity index (χ0) is 17.8.